The molecule has 27 heteroatoms. The average molecular weight is 1600 g/mol. The van der Waals surface area contributed by atoms with E-state index in [9.17, 15) is 67.1 Å². The lowest BCUT2D eigenvalue weighted by atomic mass is 9.79. The number of hydrogen-bond acceptors (Lipinski definition) is 12. The molecule has 12 nitrogen and oxygen atoms in total. The first-order chi connectivity index (χ1) is 46.1. The van der Waals surface area contributed by atoms with Crippen molar-refractivity contribution in [3.05, 3.63) is 91.0 Å². The van der Waals surface area contributed by atoms with E-state index in [1.807, 2.05) is 18.2 Å². The molecule has 624 valence electrons. The van der Waals surface area contributed by atoms with Crippen LogP contribution < -0.4 is 15.6 Å². The van der Waals surface area contributed by atoms with Crippen molar-refractivity contribution in [2.45, 2.75) is 308 Å². The van der Waals surface area contributed by atoms with Gasteiger partial charge in [0.05, 0.1) is 0 Å². The molecule has 0 radical (unpaired) electrons. The van der Waals surface area contributed by atoms with E-state index in [0.717, 1.165) is 64.7 Å². The Labute approximate surface area is 638 Å². The Morgan fingerprint density at radius 1 is 0.374 bits per heavy atom. The number of halogens is 12. The summed E-state index contributed by atoms with van der Waals surface area (Å²) in [5.74, 6) is 1.02. The summed E-state index contributed by atoms with van der Waals surface area (Å²) in [6.45, 7) is 27.7. The van der Waals surface area contributed by atoms with Crippen LogP contribution in [0.15, 0.2) is 91.0 Å². The van der Waals surface area contributed by atoms with Crippen LogP contribution in [0.4, 0.5) is 67.1 Å². The number of benzene rings is 3. The molecular formula is C80H136F12O12Si3. The first-order valence-electron chi connectivity index (χ1n) is 34.9. The fourth-order valence-corrected chi connectivity index (χ4v) is 17.9. The van der Waals surface area contributed by atoms with Crippen molar-refractivity contribution >= 4 is 59.0 Å². The molecular weight excluding hydrogens is 1470 g/mol. The Morgan fingerprint density at radius 2 is 0.654 bits per heavy atom. The van der Waals surface area contributed by atoms with E-state index in [4.69, 9.17) is 27.5 Å². The summed E-state index contributed by atoms with van der Waals surface area (Å²) >= 11 is 0. The largest absolute Gasteiger partial charge is 0.510 e. The molecule has 6 saturated carbocycles. The second-order valence-electron chi connectivity index (χ2n) is 32.5. The van der Waals surface area contributed by atoms with E-state index in [0.29, 0.717) is 42.9 Å². The number of ether oxygens (including phenoxy) is 6. The minimum Gasteiger partial charge on any atom is -0.429 e. The van der Waals surface area contributed by atoms with E-state index >= 15 is 0 Å². The maximum absolute atomic E-state index is 13.5. The van der Waals surface area contributed by atoms with E-state index in [1.54, 1.807) is 62.9 Å². The van der Waals surface area contributed by atoms with Gasteiger partial charge in [0.15, 0.2) is 0 Å². The highest BCUT2D eigenvalue weighted by molar-refractivity contribution is 6.85. The highest BCUT2D eigenvalue weighted by Gasteiger charge is 2.75. The van der Waals surface area contributed by atoms with Gasteiger partial charge in [-0.2, -0.15) is 52.7 Å². The Kier molecular flexibility index (Phi) is 42.4. The maximum atomic E-state index is 13.5. The van der Waals surface area contributed by atoms with Gasteiger partial charge in [-0.15, -0.1) is 0 Å². The van der Waals surface area contributed by atoms with Crippen molar-refractivity contribution in [2.24, 2.45) is 53.3 Å². The molecule has 11 unspecified atom stereocenters. The van der Waals surface area contributed by atoms with Crippen molar-refractivity contribution in [3.8, 4) is 0 Å². The molecule has 0 saturated heterocycles. The van der Waals surface area contributed by atoms with Crippen LogP contribution in [0.5, 0.6) is 0 Å². The molecule has 0 aliphatic heterocycles. The van der Waals surface area contributed by atoms with Crippen LogP contribution in [-0.2, 0) is 41.7 Å². The molecule has 6 bridgehead atoms. The molecule has 3 aromatic rings. The van der Waals surface area contributed by atoms with Gasteiger partial charge in [0.1, 0.15) is 16.8 Å². The lowest BCUT2D eigenvalue weighted by Gasteiger charge is -2.39. The van der Waals surface area contributed by atoms with Crippen LogP contribution in [0.2, 0.25) is 39.3 Å². The second-order valence-corrected chi connectivity index (χ2v) is 44.5. The van der Waals surface area contributed by atoms with Gasteiger partial charge in [0, 0.05) is 27.8 Å². The summed E-state index contributed by atoms with van der Waals surface area (Å²) < 4.78 is 205. The minimum absolute atomic E-state index is 0. The van der Waals surface area contributed by atoms with Gasteiger partial charge in [-0.1, -0.05) is 155 Å². The molecule has 6 aliphatic rings. The standard InChI is InChI=1S/C16H22F6O3.C16H25F3O3.C15H23F3O3.3C9H14OSi.6CH4/c1-13(2,3)24-12(23)25-14(15(17,18)19,16(20,21)22)8-11-7-9-4-5-10(11)6-9;1-14(2,3)21-13(20)22-15(4,16(17,18)19)9-12-8-10-5-6-11(12)7-10;1-14(2,3)21-13(19)20-12(15(16,17)18)8-11-7-9-4-5-10(11)6-9;3*1-10-11(2,3)9-7-5-4-6-8-9;;;;;;/h9-11H,4-8H2,1-3H3;10-12H,5-9H2,1-4H3;9-12H,4-8H2,1-3H3;3*4-8H,1-3H3;6*1H4. The molecule has 11 atom stereocenters. The number of alkyl halides is 12. The summed E-state index contributed by atoms with van der Waals surface area (Å²) in [6.07, 6.45) is -18.5. The monoisotopic (exact) mass is 1600 g/mol. The number of rotatable bonds is 15. The van der Waals surface area contributed by atoms with Crippen LogP contribution in [0.1, 0.15) is 210 Å². The zero-order valence-electron chi connectivity index (χ0n) is 62.5. The second kappa shape index (κ2) is 42.7. The Morgan fingerprint density at radius 3 is 0.897 bits per heavy atom. The summed E-state index contributed by atoms with van der Waals surface area (Å²) in [5, 5.41) is 4.05. The molecule has 0 aromatic heterocycles. The predicted molar refractivity (Wildman–Crippen MR) is 414 cm³/mol. The first kappa shape index (κ1) is 106. The number of carbonyl (C=O) groups excluding carboxylic acids is 3. The summed E-state index contributed by atoms with van der Waals surface area (Å²) in [4.78, 5) is 34.9. The molecule has 0 amide bonds. The van der Waals surface area contributed by atoms with Crippen molar-refractivity contribution < 1.29 is 109 Å². The van der Waals surface area contributed by atoms with E-state index < -0.39 is 115 Å². The van der Waals surface area contributed by atoms with Crippen LogP contribution in [0.3, 0.4) is 0 Å². The number of carbonyl (C=O) groups is 3. The van der Waals surface area contributed by atoms with E-state index in [1.165, 1.54) is 36.3 Å². The molecule has 9 rings (SSSR count). The predicted octanol–water partition coefficient (Wildman–Crippen LogP) is 24.5. The number of hydrogen-bond donors (Lipinski definition) is 0. The van der Waals surface area contributed by atoms with Gasteiger partial charge in [0.2, 0.25) is 36.7 Å². The third-order valence-corrected chi connectivity index (χ3v) is 28.4. The quantitative estimate of drug-likeness (QED) is 0.0620. The van der Waals surface area contributed by atoms with E-state index in [-0.39, 0.29) is 81.1 Å². The van der Waals surface area contributed by atoms with Crippen LogP contribution in [0.25, 0.3) is 0 Å². The van der Waals surface area contributed by atoms with Crippen molar-refractivity contribution in [1.82, 2.24) is 0 Å². The van der Waals surface area contributed by atoms with Crippen LogP contribution in [-0.4, -0.2) is 124 Å². The summed E-state index contributed by atoms with van der Waals surface area (Å²) in [5.41, 5.74) is -10.0. The average Bonchev–Trinajstić information content (AvgIpc) is 1.24. The lowest BCUT2D eigenvalue weighted by molar-refractivity contribution is -0.374. The summed E-state index contributed by atoms with van der Waals surface area (Å²) in [7, 11) is 0.713. The van der Waals surface area contributed by atoms with Gasteiger partial charge in [0.25, 0.3) is 0 Å². The van der Waals surface area contributed by atoms with E-state index in [2.05, 4.69) is 126 Å². The summed E-state index contributed by atoms with van der Waals surface area (Å²) in [6, 6.07) is 31.3. The maximum Gasteiger partial charge on any atom is 0.510 e. The van der Waals surface area contributed by atoms with Gasteiger partial charge in [-0.25, -0.2) is 14.4 Å². The topological polar surface area (TPSA) is 134 Å². The minimum atomic E-state index is -5.79. The van der Waals surface area contributed by atoms with Crippen molar-refractivity contribution in [2.75, 3.05) is 21.3 Å². The normalized spacial score (nSPS) is 22.3. The van der Waals surface area contributed by atoms with Crippen LogP contribution >= 0.6 is 0 Å². The smallest absolute Gasteiger partial charge is 0.429 e. The van der Waals surface area contributed by atoms with Gasteiger partial charge < -0.3 is 41.7 Å². The number of fused-ring (bicyclic) bond motifs is 6. The SMILES string of the molecule is C.C.C.C.C.C.CC(C)(C)OC(=O)OC(C)(CC1CC2CCC1C2)C(F)(F)F.CC(C)(C)OC(=O)OC(CC1CC2CCC1C2)(C(F)(F)F)C(F)(F)F.CC(C)(C)OC(=O)OC(CC1CC2CCC1C2)C(F)(F)F.CO[Si](C)(C)c1ccccc1.CO[Si](C)(C)c1ccccc1.CO[Si](C)(C)c1ccccc1. The molecule has 3 aromatic carbocycles. The first-order valence-corrected chi connectivity index (χ1v) is 43.6. The highest BCUT2D eigenvalue weighted by atomic mass is 28.4. The third-order valence-electron chi connectivity index (χ3n) is 20.2. The Hall–Kier alpha value is -4.84. The van der Waals surface area contributed by atoms with Crippen molar-refractivity contribution in [1.29, 1.82) is 0 Å². The Bertz CT molecular complexity index is 2870. The molecule has 6 aliphatic carbocycles. The highest BCUT2D eigenvalue weighted by Crippen LogP contribution is 2.58. The molecule has 0 spiro atoms. The molecule has 6 fully saturated rings. The Balaban J connectivity index is -0.00000123. The molecule has 0 N–H and O–H groups in total. The van der Waals surface area contributed by atoms with Crippen LogP contribution in [0, 0.1) is 53.3 Å². The zero-order valence-corrected chi connectivity index (χ0v) is 65.5. The molecule has 107 heavy (non-hydrogen) atoms. The fourth-order valence-electron chi connectivity index (χ4n) is 14.2. The lowest BCUT2D eigenvalue weighted by Crippen LogP contribution is -2.61. The molecule has 0 heterocycles. The van der Waals surface area contributed by atoms with Gasteiger partial charge >= 0.3 is 48.8 Å². The van der Waals surface area contributed by atoms with Gasteiger partial charge in [-0.05, 0) is 248 Å². The van der Waals surface area contributed by atoms with Gasteiger partial charge in [-0.3, -0.25) is 0 Å². The fraction of sp³-hybridized carbons (Fsp3) is 0.738. The third kappa shape index (κ3) is 33.2. The van der Waals surface area contributed by atoms with Crippen molar-refractivity contribution in [3.63, 3.8) is 0 Å². The zero-order chi connectivity index (χ0) is 76.8.